The van der Waals surface area contributed by atoms with Crippen LogP contribution < -0.4 is 74.9 Å². The van der Waals surface area contributed by atoms with Gasteiger partial charge in [-0.3, -0.25) is 62.3 Å². The zero-order valence-corrected chi connectivity index (χ0v) is 65.7. The third kappa shape index (κ3) is 28.1. The topological polar surface area (TPSA) is 563 Å². The quantitative estimate of drug-likeness (QED) is 0.0413. The second kappa shape index (κ2) is 44.5. The number of phenols is 2. The highest BCUT2D eigenvalue weighted by Crippen LogP contribution is 2.23. The molecule has 22 N–H and O–H groups in total. The van der Waals surface area contributed by atoms with E-state index in [1.165, 1.54) is 111 Å². The summed E-state index contributed by atoms with van der Waals surface area (Å²) in [7, 11) is 0. The number of pyridine rings is 1. The number of aliphatic carboxylic acids is 1. The molecular formula is C77H102N18O18S2. The Bertz CT molecular complexity index is 4320. The molecule has 14 atom stereocenters. The van der Waals surface area contributed by atoms with E-state index in [1.807, 2.05) is 24.3 Å². The monoisotopic (exact) mass is 1630 g/mol. The van der Waals surface area contributed by atoms with Gasteiger partial charge in [-0.15, -0.1) is 0 Å². The van der Waals surface area contributed by atoms with E-state index in [-0.39, 0.29) is 93.2 Å². The van der Waals surface area contributed by atoms with Crippen LogP contribution in [0.25, 0.3) is 11.0 Å². The summed E-state index contributed by atoms with van der Waals surface area (Å²) in [6.07, 6.45) is 0.0928. The summed E-state index contributed by atoms with van der Waals surface area (Å²) in [5, 5.41) is 88.6. The van der Waals surface area contributed by atoms with E-state index in [0.717, 1.165) is 11.1 Å². The van der Waals surface area contributed by atoms with Crippen molar-refractivity contribution in [3.63, 3.8) is 0 Å². The number of nitrogens with two attached hydrogens (primary N) is 1. The number of benzene rings is 3. The van der Waals surface area contributed by atoms with Crippen molar-refractivity contribution in [3.8, 4) is 11.5 Å². The van der Waals surface area contributed by atoms with Crippen molar-refractivity contribution in [2.24, 2.45) is 5.73 Å². The van der Waals surface area contributed by atoms with Crippen LogP contribution in [-0.2, 0) is 99.5 Å². The van der Waals surface area contributed by atoms with Crippen LogP contribution >= 0.6 is 23.5 Å². The summed E-state index contributed by atoms with van der Waals surface area (Å²) in [4.78, 5) is 201. The molecule has 2 aliphatic rings. The van der Waals surface area contributed by atoms with Crippen molar-refractivity contribution < 1.29 is 87.9 Å². The minimum Gasteiger partial charge on any atom is -0.508 e. The number of hydrogen-bond acceptors (Lipinski definition) is 23. The smallest absolute Gasteiger partial charge is 0.303 e. The Balaban J connectivity index is 1.13. The highest BCUT2D eigenvalue weighted by molar-refractivity contribution is 7.98. The number of imidazole rings is 1. The van der Waals surface area contributed by atoms with Gasteiger partial charge in [0.2, 0.25) is 70.9 Å². The predicted octanol–water partition coefficient (Wildman–Crippen LogP) is -1.51. The number of phenolic OH excluding ortho intramolecular Hbond substituents is 2. The number of carboxylic acids is 1. The molecule has 6 aromatic rings. The lowest BCUT2D eigenvalue weighted by atomic mass is 10.0. The van der Waals surface area contributed by atoms with Gasteiger partial charge < -0.3 is 110 Å². The summed E-state index contributed by atoms with van der Waals surface area (Å²) in [6.45, 7) is 6.57. The maximum Gasteiger partial charge on any atom is 0.303 e. The van der Waals surface area contributed by atoms with Gasteiger partial charge in [0.1, 0.15) is 83.6 Å². The predicted molar refractivity (Wildman–Crippen MR) is 424 cm³/mol. The standard InChI is InChI=1S/C77H102N18O18S2/c1-5-9-53-68(104)88-55(22-23-63(101)102)69(105)89-56(28-43-14-18-50(98)19-15-43)71(107)87-54(10-6-2)70(106)94-65(42(4)97)77(113)93-61(66(78)103)38-115-37-46-12-7-11-45(27-46)36-114-26-24-62(100)85-59(31-48-34-79-39-83-48)74(110)90-57(29-44-16-20-51(99)21-17-44)72(108)91-60(32-49-35-80-40-84-49)75(111)95-64(41(3)96)76(112)92-58(73(109)86-53)30-47-33-82-67-52(47)13-8-25-81-67/h7-8,11-21,25,27,33,35,40-42,48,53-61,64-65,79,83,96-99H,5-6,9-10,22-24,26,28-32,34,36-39H2,1-4H3,(H2,78,103)(H,80,84)(H,81,82)(H,85,100)(H,86,109)(H,87,107)(H,88,104)(H,89,105)(H,90,110)(H,91,108)(H,92,112)(H,93,113)(H,94,106)(H,95,111)(H,101,102)/t41-,42-,48?,53+,54+,55+,56+,57+,58+,59+,60+,61+,64+,65+/m1/s1. The normalized spacial score (nSPS) is 24.5. The number of nitrogens with zero attached hydrogens (tertiary/aromatic N) is 2. The molecule has 3 aromatic heterocycles. The summed E-state index contributed by atoms with van der Waals surface area (Å²) in [5.41, 5.74) is 9.33. The molecule has 38 heteroatoms. The molecule has 0 spiro atoms. The number of aliphatic hydroxyl groups excluding tert-OH is 2. The van der Waals surface area contributed by atoms with Gasteiger partial charge in [-0.1, -0.05) is 75.2 Å². The van der Waals surface area contributed by atoms with Crippen LogP contribution in [0.1, 0.15) is 113 Å². The van der Waals surface area contributed by atoms with Crippen molar-refractivity contribution in [1.29, 1.82) is 0 Å². The molecule has 12 amide bonds. The number of aromatic amines is 2. The van der Waals surface area contributed by atoms with Crippen molar-refractivity contribution >= 4 is 111 Å². The lowest BCUT2D eigenvalue weighted by Crippen LogP contribution is -2.62. The van der Waals surface area contributed by atoms with Gasteiger partial charge in [0.25, 0.3) is 0 Å². The van der Waals surface area contributed by atoms with Crippen LogP contribution in [0.2, 0.25) is 0 Å². The Kier molecular flexibility index (Phi) is 34.6. The Hall–Kier alpha value is -11.2. The van der Waals surface area contributed by atoms with Crippen LogP contribution in [0.3, 0.4) is 0 Å². The van der Waals surface area contributed by atoms with Gasteiger partial charge >= 0.3 is 5.97 Å². The molecule has 2 aliphatic heterocycles. The third-order valence-electron chi connectivity index (χ3n) is 19.1. The first-order valence-electron chi connectivity index (χ1n) is 37.9. The van der Waals surface area contributed by atoms with Crippen molar-refractivity contribution in [1.82, 2.24) is 89.1 Å². The molecule has 1 fully saturated rings. The molecule has 3 aromatic carbocycles. The van der Waals surface area contributed by atoms with E-state index in [9.17, 15) is 78.3 Å². The SMILES string of the molecule is CCC[C@@H]1NC(=O)[C@H](Cc2c[nH]c3ncccc23)NC(=O)[C@H]([C@@H](C)O)NC(=O)[C@H](Cc2c[nH]cn2)NC(=O)[C@H](Cc2ccc(O)cc2)NC(=O)[C@H](CC2CNCN2)NC(=O)CCSCc2cccc(c2)CSC[C@@H](C(N)=O)NC(=O)[C@H]([C@@H](C)O)NC(=O)[C@H](CCC)NC(=O)[C@H](Cc2ccc(O)cc2)NC(=O)[C@H](CCC(=O)O)NC1=O. The van der Waals surface area contributed by atoms with Gasteiger partial charge in [0, 0.05) is 105 Å². The molecular weight excluding hydrogens is 1530 g/mol. The largest absolute Gasteiger partial charge is 0.508 e. The lowest BCUT2D eigenvalue weighted by molar-refractivity contribution is -0.139. The average Bonchev–Trinajstić information content (AvgIpc) is 1.74. The summed E-state index contributed by atoms with van der Waals surface area (Å²) in [5.74, 6) is -12.1. The van der Waals surface area contributed by atoms with Crippen LogP contribution in [0.15, 0.2) is 110 Å². The zero-order valence-electron chi connectivity index (χ0n) is 64.0. The molecule has 36 nitrogen and oxygen atoms in total. The van der Waals surface area contributed by atoms with Gasteiger partial charge in [0.15, 0.2) is 0 Å². The fourth-order valence-corrected chi connectivity index (χ4v) is 14.8. The second-order valence-corrected chi connectivity index (χ2v) is 30.4. The number of H-pyrrole nitrogens is 2. The number of hydrogen-bond donors (Lipinski definition) is 21. The van der Waals surface area contributed by atoms with E-state index in [2.05, 4.69) is 89.1 Å². The number of aliphatic hydroxyl groups is 2. The van der Waals surface area contributed by atoms with E-state index >= 15 is 9.59 Å². The molecule has 620 valence electrons. The van der Waals surface area contributed by atoms with Crippen molar-refractivity contribution in [3.05, 3.63) is 143 Å². The lowest BCUT2D eigenvalue weighted by Gasteiger charge is -2.29. The first-order chi connectivity index (χ1) is 55.0. The van der Waals surface area contributed by atoms with E-state index in [1.54, 1.807) is 26.0 Å². The number of primary amides is 1. The van der Waals surface area contributed by atoms with Crippen molar-refractivity contribution in [2.75, 3.05) is 24.7 Å². The molecule has 5 heterocycles. The molecule has 115 heavy (non-hydrogen) atoms. The molecule has 1 unspecified atom stereocenters. The first-order valence-corrected chi connectivity index (χ1v) is 40.2. The van der Waals surface area contributed by atoms with Crippen LogP contribution in [0, 0.1) is 0 Å². The Morgan fingerprint density at radius 3 is 1.54 bits per heavy atom. The molecule has 1 saturated heterocycles. The third-order valence-corrected chi connectivity index (χ3v) is 21.2. The van der Waals surface area contributed by atoms with Gasteiger partial charge in [-0.2, -0.15) is 23.5 Å². The van der Waals surface area contributed by atoms with Crippen LogP contribution in [-0.4, -0.2) is 232 Å². The Labute approximate surface area is 671 Å². The fourth-order valence-electron chi connectivity index (χ4n) is 12.9. The summed E-state index contributed by atoms with van der Waals surface area (Å²) >= 11 is 2.67. The summed E-state index contributed by atoms with van der Waals surface area (Å²) in [6, 6.07) is 4.31. The molecule has 8 rings (SSSR count). The molecule has 0 aliphatic carbocycles. The summed E-state index contributed by atoms with van der Waals surface area (Å²) < 4.78 is 0. The van der Waals surface area contributed by atoms with Gasteiger partial charge in [0.05, 0.1) is 24.2 Å². The number of carbonyl (C=O) groups is 13. The average molecular weight is 1630 g/mol. The van der Waals surface area contributed by atoms with Gasteiger partial charge in [-0.25, -0.2) is 9.97 Å². The number of rotatable bonds is 20. The van der Waals surface area contributed by atoms with Crippen LogP contribution in [0.5, 0.6) is 11.5 Å². The maximum atomic E-state index is 15.1. The highest BCUT2D eigenvalue weighted by atomic mass is 32.2. The molecule has 2 bridgehead atoms. The number of thioether (sulfide) groups is 2. The number of carboxylic acid groups (broad SMARTS) is 1. The van der Waals surface area contributed by atoms with E-state index in [0.29, 0.717) is 58.2 Å². The molecule has 0 radical (unpaired) electrons. The number of aromatic nitrogens is 4. The van der Waals surface area contributed by atoms with Crippen molar-refractivity contribution in [2.45, 2.75) is 201 Å². The first kappa shape index (κ1) is 89.4. The Morgan fingerprint density at radius 2 is 1.03 bits per heavy atom. The van der Waals surface area contributed by atoms with E-state index in [4.69, 9.17) is 5.73 Å². The minimum atomic E-state index is -1.91. The second-order valence-electron chi connectivity index (χ2n) is 28.3. The highest BCUT2D eigenvalue weighted by Gasteiger charge is 2.39. The van der Waals surface area contributed by atoms with Gasteiger partial charge in [-0.05, 0) is 104 Å². The van der Waals surface area contributed by atoms with Crippen LogP contribution in [0.4, 0.5) is 0 Å². The molecule has 0 saturated carbocycles. The number of amides is 12. The minimum absolute atomic E-state index is 0.0414. The number of fused-ring (bicyclic) bond motifs is 3. The number of aromatic hydroxyl groups is 2. The number of nitrogens with one attached hydrogen (secondary N) is 15. The number of carbonyl (C=O) groups excluding carboxylic acids is 12. The maximum absolute atomic E-state index is 15.1. The fraction of sp³-hybridized carbons (Fsp3) is 0.468. The Morgan fingerprint density at radius 1 is 0.539 bits per heavy atom. The van der Waals surface area contributed by atoms with E-state index < -0.39 is 168 Å². The zero-order chi connectivity index (χ0) is 83.3.